The Morgan fingerprint density at radius 1 is 1.24 bits per heavy atom. The van der Waals surface area contributed by atoms with Crippen molar-refractivity contribution in [2.75, 3.05) is 19.7 Å². The van der Waals surface area contributed by atoms with Crippen LogP contribution in [0.2, 0.25) is 0 Å². The second kappa shape index (κ2) is 8.53. The molecular formula is C14H18FN3O6S. The summed E-state index contributed by atoms with van der Waals surface area (Å²) in [5.41, 5.74) is 4.06. The van der Waals surface area contributed by atoms with Crippen LogP contribution in [0.25, 0.3) is 0 Å². The van der Waals surface area contributed by atoms with Crippen LogP contribution in [0, 0.1) is 5.82 Å². The van der Waals surface area contributed by atoms with Crippen LogP contribution in [0.15, 0.2) is 23.1 Å². The number of carbonyl (C=O) groups is 3. The third-order valence-corrected chi connectivity index (χ3v) is 5.14. The van der Waals surface area contributed by atoms with E-state index in [-0.39, 0.29) is 18.0 Å². The van der Waals surface area contributed by atoms with Crippen LogP contribution in [0.5, 0.6) is 0 Å². The largest absolute Gasteiger partial charge is 0.452 e. The predicted molar refractivity (Wildman–Crippen MR) is 84.5 cm³/mol. The Bertz CT molecular complexity index is 777. The van der Waals surface area contributed by atoms with Gasteiger partial charge in [0.1, 0.15) is 5.82 Å². The van der Waals surface area contributed by atoms with E-state index in [4.69, 9.17) is 5.73 Å². The van der Waals surface area contributed by atoms with E-state index in [1.165, 1.54) is 0 Å². The topological polar surface area (TPSA) is 136 Å². The summed E-state index contributed by atoms with van der Waals surface area (Å²) in [5.74, 6) is -3.28. The minimum Gasteiger partial charge on any atom is -0.452 e. The van der Waals surface area contributed by atoms with E-state index in [9.17, 15) is 27.2 Å². The molecular weight excluding hydrogens is 357 g/mol. The van der Waals surface area contributed by atoms with Gasteiger partial charge in [-0.2, -0.15) is 4.31 Å². The Hall–Kier alpha value is -2.53. The number of ether oxygens (including phenoxy) is 1. The Kier molecular flexibility index (Phi) is 7.00. The quantitative estimate of drug-likeness (QED) is 0.654. The first-order valence-corrected chi connectivity index (χ1v) is 8.63. The van der Waals surface area contributed by atoms with Gasteiger partial charge in [-0.3, -0.25) is 10.1 Å². The summed E-state index contributed by atoms with van der Waals surface area (Å²) in [6, 6.07) is 1.53. The number of rotatable bonds is 7. The van der Waals surface area contributed by atoms with Crippen molar-refractivity contribution in [3.8, 4) is 0 Å². The average molecular weight is 375 g/mol. The van der Waals surface area contributed by atoms with Gasteiger partial charge in [-0.1, -0.05) is 13.8 Å². The number of nitrogens with two attached hydrogens (primary N) is 1. The van der Waals surface area contributed by atoms with Crippen LogP contribution in [0.4, 0.5) is 9.18 Å². The minimum absolute atomic E-state index is 0.198. The average Bonchev–Trinajstić information content (AvgIpc) is 2.53. The number of urea groups is 1. The van der Waals surface area contributed by atoms with Gasteiger partial charge in [-0.25, -0.2) is 22.4 Å². The Morgan fingerprint density at radius 3 is 2.36 bits per heavy atom. The summed E-state index contributed by atoms with van der Waals surface area (Å²) in [7, 11) is -3.90. The lowest BCUT2D eigenvalue weighted by Gasteiger charge is -2.18. The van der Waals surface area contributed by atoms with Crippen molar-refractivity contribution in [1.82, 2.24) is 9.62 Å². The van der Waals surface area contributed by atoms with Crippen molar-refractivity contribution in [3.63, 3.8) is 0 Å². The SMILES string of the molecule is CCN(CC)S(=O)(=O)c1ccc(F)c(C(=O)OCC(=O)NC(N)=O)c1. The fraction of sp³-hybridized carbons (Fsp3) is 0.357. The molecule has 0 aliphatic heterocycles. The number of sulfonamides is 1. The van der Waals surface area contributed by atoms with E-state index in [1.807, 2.05) is 0 Å². The number of imide groups is 1. The first-order chi connectivity index (χ1) is 11.6. The lowest BCUT2D eigenvalue weighted by atomic mass is 10.2. The molecule has 1 rings (SSSR count). The highest BCUT2D eigenvalue weighted by Gasteiger charge is 2.25. The highest BCUT2D eigenvalue weighted by Crippen LogP contribution is 2.19. The second-order valence-electron chi connectivity index (χ2n) is 4.72. The van der Waals surface area contributed by atoms with Gasteiger partial charge in [-0.05, 0) is 18.2 Å². The summed E-state index contributed by atoms with van der Waals surface area (Å²) in [6.07, 6.45) is 0. The van der Waals surface area contributed by atoms with Crippen molar-refractivity contribution in [3.05, 3.63) is 29.6 Å². The molecule has 0 atom stereocenters. The third-order valence-electron chi connectivity index (χ3n) is 3.10. The fourth-order valence-electron chi connectivity index (χ4n) is 1.92. The van der Waals surface area contributed by atoms with Gasteiger partial charge in [0.15, 0.2) is 6.61 Å². The van der Waals surface area contributed by atoms with E-state index in [2.05, 4.69) is 4.74 Å². The molecule has 138 valence electrons. The molecule has 0 heterocycles. The zero-order valence-corrected chi connectivity index (χ0v) is 14.4. The summed E-state index contributed by atoms with van der Waals surface area (Å²) >= 11 is 0. The van der Waals surface area contributed by atoms with Crippen molar-refractivity contribution < 1.29 is 31.9 Å². The molecule has 0 unspecified atom stereocenters. The number of amides is 3. The number of hydrogen-bond donors (Lipinski definition) is 2. The van der Waals surface area contributed by atoms with Crippen molar-refractivity contribution in [1.29, 1.82) is 0 Å². The van der Waals surface area contributed by atoms with Gasteiger partial charge >= 0.3 is 12.0 Å². The van der Waals surface area contributed by atoms with Crippen molar-refractivity contribution in [2.45, 2.75) is 18.7 Å². The smallest absolute Gasteiger partial charge is 0.341 e. The number of esters is 1. The van der Waals surface area contributed by atoms with Crippen molar-refractivity contribution >= 4 is 27.9 Å². The van der Waals surface area contributed by atoms with Crippen LogP contribution < -0.4 is 11.1 Å². The van der Waals surface area contributed by atoms with Gasteiger partial charge in [0.25, 0.3) is 5.91 Å². The number of hydrogen-bond acceptors (Lipinski definition) is 6. The monoisotopic (exact) mass is 375 g/mol. The summed E-state index contributed by atoms with van der Waals surface area (Å²) < 4.78 is 44.3. The molecule has 0 saturated carbocycles. The molecule has 0 saturated heterocycles. The van der Waals surface area contributed by atoms with Crippen LogP contribution in [-0.2, 0) is 19.6 Å². The van der Waals surface area contributed by atoms with Gasteiger partial charge in [0.2, 0.25) is 10.0 Å². The molecule has 3 amide bonds. The van der Waals surface area contributed by atoms with E-state index in [0.717, 1.165) is 22.5 Å². The number of nitrogens with one attached hydrogen (secondary N) is 1. The number of nitrogens with zero attached hydrogens (tertiary/aromatic N) is 1. The molecule has 11 heteroatoms. The van der Waals surface area contributed by atoms with Crippen LogP contribution in [-0.4, -0.2) is 50.3 Å². The molecule has 25 heavy (non-hydrogen) atoms. The van der Waals surface area contributed by atoms with Gasteiger partial charge < -0.3 is 10.5 Å². The Balaban J connectivity index is 3.03. The molecule has 3 N–H and O–H groups in total. The third kappa shape index (κ3) is 5.22. The van der Waals surface area contributed by atoms with Gasteiger partial charge in [0.05, 0.1) is 10.5 Å². The second-order valence-corrected chi connectivity index (χ2v) is 6.66. The van der Waals surface area contributed by atoms with Gasteiger partial charge in [0, 0.05) is 13.1 Å². The number of halogens is 1. The summed E-state index contributed by atoms with van der Waals surface area (Å²) in [4.78, 5) is 33.2. The van der Waals surface area contributed by atoms with E-state index in [0.29, 0.717) is 0 Å². The van der Waals surface area contributed by atoms with E-state index in [1.54, 1.807) is 19.2 Å². The molecule has 0 aromatic heterocycles. The molecule has 0 fully saturated rings. The summed E-state index contributed by atoms with van der Waals surface area (Å²) in [5, 5.41) is 1.66. The first kappa shape index (κ1) is 20.5. The highest BCUT2D eigenvalue weighted by atomic mass is 32.2. The maximum Gasteiger partial charge on any atom is 0.341 e. The standard InChI is InChI=1S/C14H18FN3O6S/c1-3-18(4-2)25(22,23)9-5-6-11(15)10(7-9)13(20)24-8-12(19)17-14(16)21/h5-7H,3-4,8H2,1-2H3,(H3,16,17,19,21). The van der Waals surface area contributed by atoms with Crippen LogP contribution >= 0.6 is 0 Å². The van der Waals surface area contributed by atoms with Crippen LogP contribution in [0.1, 0.15) is 24.2 Å². The van der Waals surface area contributed by atoms with Gasteiger partial charge in [-0.15, -0.1) is 0 Å². The lowest BCUT2D eigenvalue weighted by molar-refractivity contribution is -0.123. The lowest BCUT2D eigenvalue weighted by Crippen LogP contribution is -2.37. The fourth-order valence-corrected chi connectivity index (χ4v) is 3.40. The zero-order chi connectivity index (χ0) is 19.2. The highest BCUT2D eigenvalue weighted by molar-refractivity contribution is 7.89. The first-order valence-electron chi connectivity index (χ1n) is 7.19. The predicted octanol–water partition coefficient (Wildman–Crippen LogP) is 0.208. The zero-order valence-electron chi connectivity index (χ0n) is 13.6. The maximum atomic E-state index is 13.8. The maximum absolute atomic E-state index is 13.8. The number of carbonyl (C=O) groups excluding carboxylic acids is 3. The molecule has 1 aromatic carbocycles. The van der Waals surface area contributed by atoms with E-state index >= 15 is 0 Å². The number of benzene rings is 1. The minimum atomic E-state index is -3.90. The van der Waals surface area contributed by atoms with Crippen LogP contribution in [0.3, 0.4) is 0 Å². The molecule has 1 aromatic rings. The Labute approximate surface area is 144 Å². The molecule has 0 aliphatic carbocycles. The summed E-state index contributed by atoms with van der Waals surface area (Å²) in [6.45, 7) is 2.79. The Morgan fingerprint density at radius 2 is 1.84 bits per heavy atom. The number of primary amides is 1. The normalized spacial score (nSPS) is 11.2. The molecule has 9 nitrogen and oxygen atoms in total. The van der Waals surface area contributed by atoms with E-state index < -0.39 is 45.9 Å². The molecule has 0 aliphatic rings. The van der Waals surface area contributed by atoms with Crippen molar-refractivity contribution in [2.24, 2.45) is 5.73 Å². The molecule has 0 radical (unpaired) electrons. The molecule has 0 spiro atoms. The molecule has 0 bridgehead atoms.